The maximum absolute atomic E-state index is 12.5. The summed E-state index contributed by atoms with van der Waals surface area (Å²) in [4.78, 5) is 26.0. The van der Waals surface area contributed by atoms with Crippen LogP contribution in [-0.4, -0.2) is 47.9 Å². The minimum absolute atomic E-state index is 0.0211. The Bertz CT molecular complexity index is 958. The highest BCUT2D eigenvalue weighted by Gasteiger charge is 2.29. The molecule has 1 aliphatic rings. The van der Waals surface area contributed by atoms with Gasteiger partial charge in [-0.1, -0.05) is 6.08 Å². The lowest BCUT2D eigenvalue weighted by Gasteiger charge is -2.25. The first-order valence-corrected chi connectivity index (χ1v) is 9.56. The van der Waals surface area contributed by atoms with Crippen molar-refractivity contribution < 1.29 is 32.2 Å². The molecule has 0 aliphatic carbocycles. The third-order valence-corrected chi connectivity index (χ3v) is 4.84. The molecular weight excluding hydrogens is 374 g/mol. The summed E-state index contributed by atoms with van der Waals surface area (Å²) in [5, 5.41) is 0. The Hall–Kier alpha value is -3.07. The fourth-order valence-electron chi connectivity index (χ4n) is 2.44. The molecule has 0 saturated heterocycles. The van der Waals surface area contributed by atoms with Crippen LogP contribution in [0.3, 0.4) is 0 Å². The summed E-state index contributed by atoms with van der Waals surface area (Å²) in [5.41, 5.74) is 0.0432. The highest BCUT2D eigenvalue weighted by molar-refractivity contribution is 7.90. The second kappa shape index (κ2) is 8.09. The van der Waals surface area contributed by atoms with Crippen LogP contribution in [0, 0.1) is 0 Å². The molecule has 144 valence electrons. The molecule has 1 aromatic rings. The summed E-state index contributed by atoms with van der Waals surface area (Å²) >= 11 is 0. The van der Waals surface area contributed by atoms with E-state index in [1.54, 1.807) is 12.2 Å². The molecule has 0 aromatic heterocycles. The SMILES string of the molecule is COC(=O)C1=C(C(=O)OC)N(c2cc(S(C)(=O)=O)ccc2OC)C=CC=C1. The lowest BCUT2D eigenvalue weighted by molar-refractivity contribution is -0.139. The quantitative estimate of drug-likeness (QED) is 0.696. The van der Waals surface area contributed by atoms with Gasteiger partial charge in [0.2, 0.25) is 0 Å². The fourth-order valence-corrected chi connectivity index (χ4v) is 3.08. The highest BCUT2D eigenvalue weighted by atomic mass is 32.2. The van der Waals surface area contributed by atoms with Gasteiger partial charge in [-0.2, -0.15) is 0 Å². The first-order chi connectivity index (χ1) is 12.7. The van der Waals surface area contributed by atoms with E-state index in [1.807, 2.05) is 0 Å². The van der Waals surface area contributed by atoms with Crippen molar-refractivity contribution in [3.8, 4) is 5.75 Å². The lowest BCUT2D eigenvalue weighted by atomic mass is 10.1. The van der Waals surface area contributed by atoms with Crippen molar-refractivity contribution in [2.45, 2.75) is 4.90 Å². The molecule has 1 aliphatic heterocycles. The van der Waals surface area contributed by atoms with E-state index in [9.17, 15) is 18.0 Å². The maximum atomic E-state index is 12.5. The number of benzene rings is 1. The van der Waals surface area contributed by atoms with Crippen molar-refractivity contribution in [1.29, 1.82) is 0 Å². The molecule has 0 N–H and O–H groups in total. The highest BCUT2D eigenvalue weighted by Crippen LogP contribution is 2.35. The number of ether oxygens (including phenoxy) is 3. The van der Waals surface area contributed by atoms with Crippen LogP contribution >= 0.6 is 0 Å². The van der Waals surface area contributed by atoms with E-state index in [1.165, 1.54) is 56.7 Å². The number of hydrogen-bond acceptors (Lipinski definition) is 8. The number of carbonyl (C=O) groups excluding carboxylic acids is 2. The minimum Gasteiger partial charge on any atom is -0.495 e. The Balaban J connectivity index is 2.81. The largest absolute Gasteiger partial charge is 0.495 e. The monoisotopic (exact) mass is 393 g/mol. The van der Waals surface area contributed by atoms with E-state index in [0.29, 0.717) is 5.75 Å². The van der Waals surface area contributed by atoms with Gasteiger partial charge in [-0.3, -0.25) is 0 Å². The van der Waals surface area contributed by atoms with Gasteiger partial charge in [0.25, 0.3) is 0 Å². The van der Waals surface area contributed by atoms with Crippen molar-refractivity contribution >= 4 is 27.5 Å². The Morgan fingerprint density at radius 2 is 1.67 bits per heavy atom. The summed E-state index contributed by atoms with van der Waals surface area (Å²) in [6.07, 6.45) is 7.08. The number of esters is 2. The normalized spacial score (nSPS) is 14.0. The lowest BCUT2D eigenvalue weighted by Crippen LogP contribution is -2.27. The summed E-state index contributed by atoms with van der Waals surface area (Å²) in [7, 11) is 0.240. The third-order valence-electron chi connectivity index (χ3n) is 3.73. The average Bonchev–Trinajstić information content (AvgIpc) is 2.88. The zero-order chi connectivity index (χ0) is 20.2. The van der Waals surface area contributed by atoms with Crippen molar-refractivity contribution in [3.05, 3.63) is 53.9 Å². The van der Waals surface area contributed by atoms with E-state index in [2.05, 4.69) is 0 Å². The Labute approximate surface area is 157 Å². The number of carbonyl (C=O) groups is 2. The molecule has 0 amide bonds. The van der Waals surface area contributed by atoms with E-state index in [-0.39, 0.29) is 21.9 Å². The van der Waals surface area contributed by atoms with Gasteiger partial charge in [0.15, 0.2) is 9.84 Å². The minimum atomic E-state index is -3.52. The Kier molecular flexibility index (Phi) is 6.06. The van der Waals surface area contributed by atoms with Gasteiger partial charge in [0.05, 0.1) is 37.5 Å². The predicted octanol–water partition coefficient (Wildman–Crippen LogP) is 1.59. The molecule has 0 atom stereocenters. The number of methoxy groups -OCH3 is 3. The van der Waals surface area contributed by atoms with Gasteiger partial charge in [-0.15, -0.1) is 0 Å². The van der Waals surface area contributed by atoms with Gasteiger partial charge in [0.1, 0.15) is 11.4 Å². The van der Waals surface area contributed by atoms with Gasteiger partial charge in [0, 0.05) is 12.5 Å². The van der Waals surface area contributed by atoms with Gasteiger partial charge >= 0.3 is 11.9 Å². The van der Waals surface area contributed by atoms with Crippen LogP contribution < -0.4 is 9.64 Å². The third kappa shape index (κ3) is 4.20. The summed E-state index contributed by atoms with van der Waals surface area (Å²) < 4.78 is 38.8. The van der Waals surface area contributed by atoms with Crippen LogP contribution in [-0.2, 0) is 28.9 Å². The Morgan fingerprint density at radius 3 is 2.22 bits per heavy atom. The van der Waals surface area contributed by atoms with E-state index < -0.39 is 21.8 Å². The molecule has 2 rings (SSSR count). The number of sulfone groups is 1. The molecule has 0 bridgehead atoms. The van der Waals surface area contributed by atoms with Gasteiger partial charge < -0.3 is 19.1 Å². The van der Waals surface area contributed by atoms with Crippen LogP contribution in [0.25, 0.3) is 0 Å². The number of anilines is 1. The van der Waals surface area contributed by atoms with E-state index >= 15 is 0 Å². The molecular formula is C18H19NO7S. The van der Waals surface area contributed by atoms with Crippen LogP contribution in [0.15, 0.2) is 58.8 Å². The molecule has 0 spiro atoms. The number of hydrogen-bond donors (Lipinski definition) is 0. The van der Waals surface area contributed by atoms with Gasteiger partial charge in [-0.05, 0) is 30.4 Å². The molecule has 0 fully saturated rings. The Morgan fingerprint density at radius 1 is 1.00 bits per heavy atom. The molecule has 8 nitrogen and oxygen atoms in total. The summed E-state index contributed by atoms with van der Waals surface area (Å²) in [5.74, 6) is -1.27. The zero-order valence-corrected chi connectivity index (χ0v) is 16.1. The molecule has 0 radical (unpaired) electrons. The molecule has 1 aromatic carbocycles. The second-order valence-corrected chi connectivity index (χ2v) is 7.44. The second-order valence-electron chi connectivity index (χ2n) is 5.42. The molecule has 9 heteroatoms. The van der Waals surface area contributed by atoms with Crippen LogP contribution in [0.5, 0.6) is 5.75 Å². The molecule has 27 heavy (non-hydrogen) atoms. The topological polar surface area (TPSA) is 99.2 Å². The fraction of sp³-hybridized carbons (Fsp3) is 0.222. The first-order valence-electron chi connectivity index (χ1n) is 7.67. The first kappa shape index (κ1) is 20.2. The number of nitrogens with zero attached hydrogens (tertiary/aromatic N) is 1. The maximum Gasteiger partial charge on any atom is 0.355 e. The predicted molar refractivity (Wildman–Crippen MR) is 97.9 cm³/mol. The molecule has 0 saturated carbocycles. The van der Waals surface area contributed by atoms with Crippen molar-refractivity contribution in [1.82, 2.24) is 0 Å². The number of rotatable bonds is 5. The van der Waals surface area contributed by atoms with Crippen molar-refractivity contribution in [2.75, 3.05) is 32.5 Å². The molecule has 0 unspecified atom stereocenters. The molecule has 1 heterocycles. The smallest absolute Gasteiger partial charge is 0.355 e. The van der Waals surface area contributed by atoms with Crippen molar-refractivity contribution in [2.24, 2.45) is 0 Å². The average molecular weight is 393 g/mol. The standard InChI is InChI=1S/C18H19NO7S/c1-24-15-9-8-12(27(4,22)23)11-14(15)19-10-6-5-7-13(17(20)25-2)16(19)18(21)26-3/h5-11H,1-4H3. The summed E-state index contributed by atoms with van der Waals surface area (Å²) in [6.45, 7) is 0. The van der Waals surface area contributed by atoms with Gasteiger partial charge in [-0.25, -0.2) is 18.0 Å². The van der Waals surface area contributed by atoms with Crippen molar-refractivity contribution in [3.63, 3.8) is 0 Å². The number of allylic oxidation sites excluding steroid dienone is 2. The van der Waals surface area contributed by atoms with Crippen LogP contribution in [0.1, 0.15) is 0 Å². The summed E-state index contributed by atoms with van der Waals surface area (Å²) in [6, 6.07) is 4.20. The zero-order valence-electron chi connectivity index (χ0n) is 15.3. The van der Waals surface area contributed by atoms with Crippen LogP contribution in [0.4, 0.5) is 5.69 Å². The van der Waals surface area contributed by atoms with E-state index in [0.717, 1.165) is 6.26 Å². The van der Waals surface area contributed by atoms with Crippen LogP contribution in [0.2, 0.25) is 0 Å². The van der Waals surface area contributed by atoms with E-state index in [4.69, 9.17) is 14.2 Å².